The molecule has 9 heteroatoms. The second-order valence-corrected chi connectivity index (χ2v) is 9.09. The Hall–Kier alpha value is -3.17. The van der Waals surface area contributed by atoms with Gasteiger partial charge in [-0.05, 0) is 52.2 Å². The molecule has 1 aromatic heterocycles. The number of thiazole rings is 1. The van der Waals surface area contributed by atoms with E-state index >= 15 is 0 Å². The van der Waals surface area contributed by atoms with Crippen LogP contribution in [-0.2, 0) is 9.53 Å². The fourth-order valence-corrected chi connectivity index (χ4v) is 5.48. The van der Waals surface area contributed by atoms with Crippen LogP contribution in [0.2, 0.25) is 0 Å². The van der Waals surface area contributed by atoms with Gasteiger partial charge in [0, 0.05) is 0 Å². The van der Waals surface area contributed by atoms with Gasteiger partial charge in [-0.3, -0.25) is 9.36 Å². The van der Waals surface area contributed by atoms with Gasteiger partial charge >= 0.3 is 5.97 Å². The monoisotopic (exact) mass is 528 g/mol. The fraction of sp³-hybridized carbons (Fsp3) is 0.208. The number of esters is 1. The molecule has 0 amide bonds. The largest absolute Gasteiger partial charge is 0.493 e. The minimum Gasteiger partial charge on any atom is -0.493 e. The topological polar surface area (TPSA) is 79.1 Å². The van der Waals surface area contributed by atoms with Crippen LogP contribution in [0.4, 0.5) is 0 Å². The number of aromatic nitrogens is 1. The summed E-state index contributed by atoms with van der Waals surface area (Å²) in [5.41, 5.74) is 2.18. The Labute approximate surface area is 202 Å². The number of ether oxygens (including phenoxy) is 3. The van der Waals surface area contributed by atoms with Crippen LogP contribution >= 0.6 is 27.3 Å². The van der Waals surface area contributed by atoms with E-state index in [1.165, 1.54) is 18.4 Å². The van der Waals surface area contributed by atoms with E-state index in [0.717, 1.165) is 11.1 Å². The lowest BCUT2D eigenvalue weighted by Gasteiger charge is -2.24. The van der Waals surface area contributed by atoms with Gasteiger partial charge in [0.25, 0.3) is 5.56 Å². The molecule has 0 aliphatic carbocycles. The molecule has 7 nitrogen and oxygen atoms in total. The molecule has 170 valence electrons. The molecule has 1 aliphatic rings. The molecule has 1 atom stereocenters. The third kappa shape index (κ3) is 4.14. The average molecular weight is 529 g/mol. The van der Waals surface area contributed by atoms with E-state index in [4.69, 9.17) is 14.2 Å². The van der Waals surface area contributed by atoms with Crippen LogP contribution in [0.5, 0.6) is 11.5 Å². The fourth-order valence-electron chi connectivity index (χ4n) is 3.82. The molecular formula is C24H21BrN2O5S. The van der Waals surface area contributed by atoms with Crippen molar-refractivity contribution in [3.63, 3.8) is 0 Å². The first-order chi connectivity index (χ1) is 15.9. The van der Waals surface area contributed by atoms with Gasteiger partial charge in [-0.2, -0.15) is 0 Å². The number of fused-ring (bicyclic) bond motifs is 1. The Balaban J connectivity index is 1.95. The molecule has 0 N–H and O–H groups in total. The molecule has 3 aromatic rings. The number of allylic oxidation sites excluding steroid dienone is 1. The number of hydrogen-bond acceptors (Lipinski definition) is 7. The third-order valence-electron chi connectivity index (χ3n) is 5.30. The van der Waals surface area contributed by atoms with E-state index in [2.05, 4.69) is 20.9 Å². The van der Waals surface area contributed by atoms with Crippen molar-refractivity contribution in [2.24, 2.45) is 4.99 Å². The molecule has 0 saturated heterocycles. The molecule has 1 aliphatic heterocycles. The molecular weight excluding hydrogens is 508 g/mol. The van der Waals surface area contributed by atoms with Gasteiger partial charge in [0.15, 0.2) is 16.3 Å². The van der Waals surface area contributed by atoms with Crippen LogP contribution in [0.1, 0.15) is 24.1 Å². The summed E-state index contributed by atoms with van der Waals surface area (Å²) in [6.45, 7) is 1.75. The molecule has 0 spiro atoms. The average Bonchev–Trinajstić information content (AvgIpc) is 3.12. The SMILES string of the molecule is COC(=O)C1=C(C)N=c2sc(=Cc3cc(Br)c(OC)c(OC)c3)c(=O)n2C1c1ccccc1. The normalized spacial score (nSPS) is 15.7. The summed E-state index contributed by atoms with van der Waals surface area (Å²) in [6, 6.07) is 12.4. The smallest absolute Gasteiger partial charge is 0.338 e. The molecule has 0 bridgehead atoms. The predicted molar refractivity (Wildman–Crippen MR) is 129 cm³/mol. The summed E-state index contributed by atoms with van der Waals surface area (Å²) in [5, 5.41) is 0. The molecule has 1 unspecified atom stereocenters. The van der Waals surface area contributed by atoms with Gasteiger partial charge in [0.2, 0.25) is 0 Å². The van der Waals surface area contributed by atoms with Crippen LogP contribution in [0.3, 0.4) is 0 Å². The van der Waals surface area contributed by atoms with Crippen molar-refractivity contribution >= 4 is 39.3 Å². The second-order valence-electron chi connectivity index (χ2n) is 7.22. The van der Waals surface area contributed by atoms with E-state index in [-0.39, 0.29) is 5.56 Å². The highest BCUT2D eigenvalue weighted by atomic mass is 79.9. The van der Waals surface area contributed by atoms with Crippen LogP contribution in [0.25, 0.3) is 6.08 Å². The van der Waals surface area contributed by atoms with Crippen molar-refractivity contribution < 1.29 is 19.0 Å². The molecule has 0 saturated carbocycles. The number of benzene rings is 2. The summed E-state index contributed by atoms with van der Waals surface area (Å²) in [4.78, 5) is 31.3. The summed E-state index contributed by atoms with van der Waals surface area (Å²) in [7, 11) is 4.44. The molecule has 0 radical (unpaired) electrons. The first-order valence-electron chi connectivity index (χ1n) is 9.97. The lowest BCUT2D eigenvalue weighted by atomic mass is 9.96. The number of carbonyl (C=O) groups excluding carboxylic acids is 1. The van der Waals surface area contributed by atoms with Crippen LogP contribution < -0.4 is 24.4 Å². The van der Waals surface area contributed by atoms with Crippen molar-refractivity contribution in [3.05, 3.63) is 89.0 Å². The van der Waals surface area contributed by atoms with Crippen molar-refractivity contribution in [2.75, 3.05) is 21.3 Å². The molecule has 2 aromatic carbocycles. The zero-order valence-electron chi connectivity index (χ0n) is 18.4. The first kappa shape index (κ1) is 23.0. The predicted octanol–water partition coefficient (Wildman–Crippen LogP) is 3.19. The van der Waals surface area contributed by atoms with Crippen molar-refractivity contribution in [1.82, 2.24) is 4.57 Å². The molecule has 4 rings (SSSR count). The third-order valence-corrected chi connectivity index (χ3v) is 6.87. The zero-order valence-corrected chi connectivity index (χ0v) is 20.8. The Morgan fingerprint density at radius 2 is 1.88 bits per heavy atom. The molecule has 33 heavy (non-hydrogen) atoms. The Morgan fingerprint density at radius 3 is 2.52 bits per heavy atom. The number of hydrogen-bond donors (Lipinski definition) is 0. The maximum Gasteiger partial charge on any atom is 0.338 e. The van der Waals surface area contributed by atoms with Gasteiger partial charge in [-0.1, -0.05) is 41.7 Å². The Bertz CT molecular complexity index is 1440. The maximum atomic E-state index is 13.6. The van der Waals surface area contributed by atoms with E-state index < -0.39 is 12.0 Å². The highest BCUT2D eigenvalue weighted by Gasteiger charge is 2.32. The minimum atomic E-state index is -0.630. The summed E-state index contributed by atoms with van der Waals surface area (Å²) < 4.78 is 18.5. The second kappa shape index (κ2) is 9.36. The van der Waals surface area contributed by atoms with E-state index in [1.54, 1.807) is 37.9 Å². The minimum absolute atomic E-state index is 0.243. The van der Waals surface area contributed by atoms with Gasteiger partial charge in [-0.25, -0.2) is 9.79 Å². The number of methoxy groups -OCH3 is 3. The van der Waals surface area contributed by atoms with Crippen LogP contribution in [-0.4, -0.2) is 31.9 Å². The van der Waals surface area contributed by atoms with Crippen LogP contribution in [0, 0.1) is 0 Å². The summed E-state index contributed by atoms with van der Waals surface area (Å²) in [6.07, 6.45) is 1.77. The van der Waals surface area contributed by atoms with Gasteiger partial charge in [0.1, 0.15) is 0 Å². The number of nitrogens with zero attached hydrogens (tertiary/aromatic N) is 2. The molecule has 0 fully saturated rings. The van der Waals surface area contributed by atoms with Gasteiger partial charge in [-0.15, -0.1) is 0 Å². The lowest BCUT2D eigenvalue weighted by molar-refractivity contribution is -0.136. The first-order valence-corrected chi connectivity index (χ1v) is 11.6. The van der Waals surface area contributed by atoms with Gasteiger partial charge < -0.3 is 14.2 Å². The van der Waals surface area contributed by atoms with Crippen molar-refractivity contribution in [1.29, 1.82) is 0 Å². The number of rotatable bonds is 5. The quantitative estimate of drug-likeness (QED) is 0.475. The van der Waals surface area contributed by atoms with E-state index in [9.17, 15) is 9.59 Å². The highest BCUT2D eigenvalue weighted by Crippen LogP contribution is 2.36. The maximum absolute atomic E-state index is 13.6. The van der Waals surface area contributed by atoms with E-state index in [1.807, 2.05) is 36.4 Å². The Kier molecular flexibility index (Phi) is 6.53. The highest BCUT2D eigenvalue weighted by molar-refractivity contribution is 9.10. The zero-order chi connectivity index (χ0) is 23.7. The van der Waals surface area contributed by atoms with E-state index in [0.29, 0.717) is 36.6 Å². The lowest BCUT2D eigenvalue weighted by Crippen LogP contribution is -2.39. The van der Waals surface area contributed by atoms with Crippen molar-refractivity contribution in [2.45, 2.75) is 13.0 Å². The van der Waals surface area contributed by atoms with Gasteiger partial charge in [0.05, 0.1) is 47.6 Å². The Morgan fingerprint density at radius 1 is 1.15 bits per heavy atom. The summed E-state index contributed by atoms with van der Waals surface area (Å²) >= 11 is 4.75. The standard InChI is InChI=1S/C24H21BrN2O5S/c1-13-19(23(29)32-4)20(15-8-6-5-7-9-15)27-22(28)18(33-24(27)26-13)12-14-10-16(25)21(31-3)17(11-14)30-2/h5-12,20H,1-4H3. The van der Waals surface area contributed by atoms with Crippen molar-refractivity contribution in [3.8, 4) is 11.5 Å². The number of carbonyl (C=O) groups is 1. The number of halogens is 1. The van der Waals surface area contributed by atoms with Crippen LogP contribution in [0.15, 0.2) is 68.0 Å². The summed E-state index contributed by atoms with van der Waals surface area (Å²) in [5.74, 6) is 0.596. The molecule has 2 heterocycles.